The fourth-order valence-corrected chi connectivity index (χ4v) is 2.16. The number of benzene rings is 2. The Labute approximate surface area is 133 Å². The summed E-state index contributed by atoms with van der Waals surface area (Å²) in [6, 6.07) is 6.63. The zero-order valence-corrected chi connectivity index (χ0v) is 12.0. The molecule has 8 heteroatoms. The van der Waals surface area contributed by atoms with Gasteiger partial charge in [-0.05, 0) is 18.2 Å². The summed E-state index contributed by atoms with van der Waals surface area (Å²) in [5.74, 6) is -4.63. The van der Waals surface area contributed by atoms with Gasteiger partial charge in [-0.3, -0.25) is 0 Å². The molecule has 0 aliphatic heterocycles. The molecule has 0 aliphatic carbocycles. The van der Waals surface area contributed by atoms with Crippen LogP contribution in [0.15, 0.2) is 18.2 Å². The van der Waals surface area contributed by atoms with Crippen LogP contribution in [-0.2, 0) is 0 Å². The van der Waals surface area contributed by atoms with Gasteiger partial charge in [0.15, 0.2) is 17.5 Å². The second kappa shape index (κ2) is 6.15. The summed E-state index contributed by atoms with van der Waals surface area (Å²) in [7, 11) is 0. The van der Waals surface area contributed by atoms with Gasteiger partial charge in [-0.2, -0.15) is 10.5 Å². The fourth-order valence-electron chi connectivity index (χ4n) is 1.71. The summed E-state index contributed by atoms with van der Waals surface area (Å²) in [5.41, 5.74) is -2.76. The van der Waals surface area contributed by atoms with E-state index in [-0.39, 0.29) is 10.7 Å². The van der Waals surface area contributed by atoms with E-state index in [0.717, 1.165) is 0 Å². The summed E-state index contributed by atoms with van der Waals surface area (Å²) in [6.45, 7) is 0. The first-order valence-corrected chi connectivity index (χ1v) is 6.39. The van der Waals surface area contributed by atoms with Crippen LogP contribution in [0.25, 0.3) is 0 Å². The first-order chi connectivity index (χ1) is 10.4. The van der Waals surface area contributed by atoms with Gasteiger partial charge in [-0.15, -0.1) is 0 Å². The number of hydrogen-bond donors (Lipinski definition) is 1. The highest BCUT2D eigenvalue weighted by Gasteiger charge is 2.25. The molecular weight excluding hydrogens is 338 g/mol. The van der Waals surface area contributed by atoms with E-state index in [1.54, 1.807) is 0 Å². The predicted molar refractivity (Wildman–Crippen MR) is 75.5 cm³/mol. The number of anilines is 2. The van der Waals surface area contributed by atoms with Crippen molar-refractivity contribution in [2.45, 2.75) is 0 Å². The first-order valence-electron chi connectivity index (χ1n) is 5.63. The molecule has 0 radical (unpaired) electrons. The van der Waals surface area contributed by atoms with E-state index < -0.39 is 34.3 Å². The predicted octanol–water partition coefficient (Wildman–Crippen LogP) is 4.90. The van der Waals surface area contributed by atoms with E-state index in [4.69, 9.17) is 33.7 Å². The molecule has 22 heavy (non-hydrogen) atoms. The average Bonchev–Trinajstić information content (AvgIpc) is 2.49. The second-order valence-electron chi connectivity index (χ2n) is 4.04. The smallest absolute Gasteiger partial charge is 0.186 e. The summed E-state index contributed by atoms with van der Waals surface area (Å²) < 4.78 is 41.8. The molecule has 0 spiro atoms. The molecule has 0 amide bonds. The third-order valence-electron chi connectivity index (χ3n) is 2.74. The van der Waals surface area contributed by atoms with Crippen LogP contribution in [0.5, 0.6) is 0 Å². The van der Waals surface area contributed by atoms with Crippen molar-refractivity contribution in [3.05, 3.63) is 56.8 Å². The van der Waals surface area contributed by atoms with Gasteiger partial charge < -0.3 is 5.32 Å². The Kier molecular flexibility index (Phi) is 4.46. The van der Waals surface area contributed by atoms with Crippen molar-refractivity contribution >= 4 is 34.6 Å². The number of nitrogens with one attached hydrogen (secondary N) is 1. The van der Waals surface area contributed by atoms with Crippen molar-refractivity contribution in [3.8, 4) is 12.1 Å². The van der Waals surface area contributed by atoms with Crippen LogP contribution in [0.1, 0.15) is 11.1 Å². The van der Waals surface area contributed by atoms with Gasteiger partial charge in [0.05, 0.1) is 10.7 Å². The van der Waals surface area contributed by atoms with E-state index in [9.17, 15) is 13.2 Å². The van der Waals surface area contributed by atoms with Crippen LogP contribution in [0.3, 0.4) is 0 Å². The Bertz CT molecular complexity index is 854. The largest absolute Gasteiger partial charge is 0.349 e. The maximum atomic E-state index is 14.1. The normalized spacial score (nSPS) is 9.95. The van der Waals surface area contributed by atoms with Crippen LogP contribution in [0.2, 0.25) is 10.0 Å². The van der Waals surface area contributed by atoms with Crippen LogP contribution < -0.4 is 5.32 Å². The molecule has 0 saturated heterocycles. The SMILES string of the molecule is N#Cc1c(F)c(F)c(Nc2ccc(Cl)cc2Cl)c(F)c1C#N. The topological polar surface area (TPSA) is 59.6 Å². The Morgan fingerprint density at radius 2 is 1.50 bits per heavy atom. The van der Waals surface area contributed by atoms with Gasteiger partial charge in [0.25, 0.3) is 0 Å². The molecule has 3 nitrogen and oxygen atoms in total. The monoisotopic (exact) mass is 341 g/mol. The molecule has 2 aromatic carbocycles. The van der Waals surface area contributed by atoms with Crippen molar-refractivity contribution in [3.63, 3.8) is 0 Å². The molecule has 0 aliphatic rings. The molecule has 2 aromatic rings. The summed E-state index contributed by atoms with van der Waals surface area (Å²) in [4.78, 5) is 0. The van der Waals surface area contributed by atoms with E-state index in [2.05, 4.69) is 5.32 Å². The molecule has 0 atom stereocenters. The molecule has 0 saturated carbocycles. The molecule has 110 valence electrons. The number of halogens is 5. The number of nitrogens with zero attached hydrogens (tertiary/aromatic N) is 2. The Balaban J connectivity index is 2.65. The van der Waals surface area contributed by atoms with E-state index in [0.29, 0.717) is 5.02 Å². The minimum atomic E-state index is -1.63. The third kappa shape index (κ3) is 2.67. The van der Waals surface area contributed by atoms with Crippen molar-refractivity contribution in [1.82, 2.24) is 0 Å². The quantitative estimate of drug-likeness (QED) is 0.790. The Morgan fingerprint density at radius 1 is 0.909 bits per heavy atom. The zero-order valence-electron chi connectivity index (χ0n) is 10.5. The van der Waals surface area contributed by atoms with Gasteiger partial charge in [0, 0.05) is 5.02 Å². The van der Waals surface area contributed by atoms with Gasteiger partial charge in [0.1, 0.15) is 29.0 Å². The van der Waals surface area contributed by atoms with Gasteiger partial charge in [-0.1, -0.05) is 23.2 Å². The van der Waals surface area contributed by atoms with Crippen molar-refractivity contribution in [2.24, 2.45) is 0 Å². The molecule has 0 aromatic heterocycles. The summed E-state index contributed by atoms with van der Waals surface area (Å²) in [5, 5.41) is 20.1. The number of nitriles is 2. The van der Waals surface area contributed by atoms with Crippen molar-refractivity contribution < 1.29 is 13.2 Å². The van der Waals surface area contributed by atoms with Crippen LogP contribution in [0, 0.1) is 40.1 Å². The lowest BCUT2D eigenvalue weighted by atomic mass is 10.1. The lowest BCUT2D eigenvalue weighted by molar-refractivity contribution is 0.496. The average molecular weight is 342 g/mol. The molecule has 0 unspecified atom stereocenters. The highest BCUT2D eigenvalue weighted by atomic mass is 35.5. The van der Waals surface area contributed by atoms with Crippen LogP contribution >= 0.6 is 23.2 Å². The van der Waals surface area contributed by atoms with Crippen LogP contribution in [-0.4, -0.2) is 0 Å². The van der Waals surface area contributed by atoms with Crippen molar-refractivity contribution in [1.29, 1.82) is 10.5 Å². The highest BCUT2D eigenvalue weighted by Crippen LogP contribution is 2.34. The highest BCUT2D eigenvalue weighted by molar-refractivity contribution is 6.36. The molecule has 0 fully saturated rings. The van der Waals surface area contributed by atoms with E-state index in [1.807, 2.05) is 0 Å². The molecule has 0 heterocycles. The number of rotatable bonds is 2. The minimum absolute atomic E-state index is 0.0366. The maximum absolute atomic E-state index is 14.1. The summed E-state index contributed by atoms with van der Waals surface area (Å²) >= 11 is 11.5. The zero-order chi connectivity index (χ0) is 16.4. The van der Waals surface area contributed by atoms with E-state index in [1.165, 1.54) is 30.3 Å². The molecule has 0 bridgehead atoms. The Morgan fingerprint density at radius 3 is 2.05 bits per heavy atom. The molecule has 2 rings (SSSR count). The molecule has 1 N–H and O–H groups in total. The first kappa shape index (κ1) is 16.0. The van der Waals surface area contributed by atoms with E-state index >= 15 is 0 Å². The van der Waals surface area contributed by atoms with Gasteiger partial charge >= 0.3 is 0 Å². The maximum Gasteiger partial charge on any atom is 0.186 e. The Hall–Kier alpha value is -2.41. The minimum Gasteiger partial charge on any atom is -0.349 e. The van der Waals surface area contributed by atoms with Crippen molar-refractivity contribution in [2.75, 3.05) is 5.32 Å². The third-order valence-corrected chi connectivity index (χ3v) is 3.28. The van der Waals surface area contributed by atoms with Crippen LogP contribution in [0.4, 0.5) is 24.5 Å². The van der Waals surface area contributed by atoms with Gasteiger partial charge in [0.2, 0.25) is 0 Å². The fraction of sp³-hybridized carbons (Fsp3) is 0. The number of hydrogen-bond acceptors (Lipinski definition) is 3. The summed E-state index contributed by atoms with van der Waals surface area (Å²) in [6.07, 6.45) is 0. The lowest BCUT2D eigenvalue weighted by Crippen LogP contribution is -2.06. The standard InChI is InChI=1S/C14H4Cl2F3N3/c15-6-1-2-10(9(16)3-6)22-14-12(18)8(5-21)7(4-20)11(17)13(14)19/h1-3,22H. The van der Waals surface area contributed by atoms with Gasteiger partial charge in [-0.25, -0.2) is 13.2 Å². The second-order valence-corrected chi connectivity index (χ2v) is 4.88. The molecular formula is C14H4Cl2F3N3. The lowest BCUT2D eigenvalue weighted by Gasteiger charge is -2.13.